The molecule has 0 bridgehead atoms. The van der Waals surface area contributed by atoms with Gasteiger partial charge in [0.2, 0.25) is 5.91 Å². The third kappa shape index (κ3) is 5.33. The van der Waals surface area contributed by atoms with Crippen LogP contribution in [0.15, 0.2) is 30.3 Å². The minimum absolute atomic E-state index is 0.211. The molecular weight excluding hydrogens is 248 g/mol. The van der Waals surface area contributed by atoms with Crippen LogP contribution in [-0.4, -0.2) is 30.4 Å². The Hall–Kier alpha value is -1.35. The first-order valence-electron chi connectivity index (χ1n) is 7.78. The van der Waals surface area contributed by atoms with E-state index in [0.717, 1.165) is 32.4 Å². The van der Waals surface area contributed by atoms with Gasteiger partial charge in [-0.15, -0.1) is 0 Å². The molecule has 0 aliphatic heterocycles. The van der Waals surface area contributed by atoms with Gasteiger partial charge in [-0.1, -0.05) is 51.1 Å². The van der Waals surface area contributed by atoms with Crippen molar-refractivity contribution < 1.29 is 4.79 Å². The fourth-order valence-electron chi connectivity index (χ4n) is 2.41. The molecule has 1 rings (SSSR count). The molecule has 1 amide bonds. The largest absolute Gasteiger partial charge is 0.342 e. The Balaban J connectivity index is 2.53. The van der Waals surface area contributed by atoms with E-state index in [0.29, 0.717) is 6.54 Å². The molecule has 0 radical (unpaired) electrons. The smallest absolute Gasteiger partial charge is 0.236 e. The van der Waals surface area contributed by atoms with Crippen LogP contribution in [0.1, 0.15) is 51.6 Å². The number of nitrogens with one attached hydrogen (secondary N) is 1. The minimum atomic E-state index is 0.211. The van der Waals surface area contributed by atoms with Gasteiger partial charge in [0.05, 0.1) is 6.54 Å². The van der Waals surface area contributed by atoms with Gasteiger partial charge < -0.3 is 10.2 Å². The normalized spacial score (nSPS) is 12.2. The highest BCUT2D eigenvalue weighted by atomic mass is 16.2. The van der Waals surface area contributed by atoms with E-state index in [1.54, 1.807) is 0 Å². The second-order valence-corrected chi connectivity index (χ2v) is 5.13. The number of carbonyl (C=O) groups excluding carboxylic acids is 1. The zero-order valence-corrected chi connectivity index (χ0v) is 13.1. The molecule has 3 nitrogen and oxygen atoms in total. The molecule has 1 aromatic rings. The van der Waals surface area contributed by atoms with Crippen molar-refractivity contribution >= 4 is 5.91 Å². The Labute approximate surface area is 123 Å². The molecule has 20 heavy (non-hydrogen) atoms. The lowest BCUT2D eigenvalue weighted by Crippen LogP contribution is -2.40. The first kappa shape index (κ1) is 16.7. The molecule has 1 atom stereocenters. The van der Waals surface area contributed by atoms with Crippen molar-refractivity contribution in [3.63, 3.8) is 0 Å². The summed E-state index contributed by atoms with van der Waals surface area (Å²) in [5.74, 6) is 0.211. The highest BCUT2D eigenvalue weighted by molar-refractivity contribution is 5.78. The SMILES string of the molecule is CCCN(CCC)C(=O)CNC(CC)c1ccccc1. The lowest BCUT2D eigenvalue weighted by atomic mass is 10.0. The summed E-state index contributed by atoms with van der Waals surface area (Å²) in [7, 11) is 0. The molecule has 112 valence electrons. The van der Waals surface area contributed by atoms with Crippen LogP contribution in [0.3, 0.4) is 0 Å². The van der Waals surface area contributed by atoms with Crippen LogP contribution >= 0.6 is 0 Å². The molecule has 0 saturated heterocycles. The quantitative estimate of drug-likeness (QED) is 0.750. The topological polar surface area (TPSA) is 32.3 Å². The molecule has 1 aromatic carbocycles. The fourth-order valence-corrected chi connectivity index (χ4v) is 2.41. The molecule has 0 aromatic heterocycles. The summed E-state index contributed by atoms with van der Waals surface area (Å²) < 4.78 is 0. The first-order valence-corrected chi connectivity index (χ1v) is 7.78. The third-order valence-electron chi connectivity index (χ3n) is 3.45. The van der Waals surface area contributed by atoms with Crippen molar-refractivity contribution in [1.82, 2.24) is 10.2 Å². The molecule has 0 aliphatic carbocycles. The van der Waals surface area contributed by atoms with Gasteiger partial charge in [-0.25, -0.2) is 0 Å². The lowest BCUT2D eigenvalue weighted by molar-refractivity contribution is -0.130. The van der Waals surface area contributed by atoms with E-state index in [9.17, 15) is 4.79 Å². The predicted octanol–water partition coefficient (Wildman–Crippen LogP) is 3.38. The van der Waals surface area contributed by atoms with Gasteiger partial charge in [-0.05, 0) is 24.8 Å². The maximum atomic E-state index is 12.2. The maximum Gasteiger partial charge on any atom is 0.236 e. The second-order valence-electron chi connectivity index (χ2n) is 5.13. The van der Waals surface area contributed by atoms with Crippen molar-refractivity contribution in [2.45, 2.75) is 46.1 Å². The molecule has 0 aliphatic rings. The second kappa shape index (κ2) is 9.54. The summed E-state index contributed by atoms with van der Waals surface area (Å²) in [6.07, 6.45) is 3.02. The van der Waals surface area contributed by atoms with E-state index in [4.69, 9.17) is 0 Å². The Morgan fingerprint density at radius 1 is 1.10 bits per heavy atom. The average Bonchev–Trinajstić information content (AvgIpc) is 2.48. The number of hydrogen-bond donors (Lipinski definition) is 1. The summed E-state index contributed by atoms with van der Waals surface area (Å²) >= 11 is 0. The molecule has 1 N–H and O–H groups in total. The number of benzene rings is 1. The van der Waals surface area contributed by atoms with Crippen molar-refractivity contribution in [2.24, 2.45) is 0 Å². The number of amides is 1. The van der Waals surface area contributed by atoms with Crippen LogP contribution in [0.2, 0.25) is 0 Å². The van der Waals surface area contributed by atoms with Gasteiger partial charge in [-0.2, -0.15) is 0 Å². The van der Waals surface area contributed by atoms with Gasteiger partial charge in [0.1, 0.15) is 0 Å². The van der Waals surface area contributed by atoms with Gasteiger partial charge in [-0.3, -0.25) is 4.79 Å². The Kier molecular flexibility index (Phi) is 7.97. The van der Waals surface area contributed by atoms with E-state index < -0.39 is 0 Å². The monoisotopic (exact) mass is 276 g/mol. The summed E-state index contributed by atoms with van der Waals surface area (Å²) in [5.41, 5.74) is 1.25. The lowest BCUT2D eigenvalue weighted by Gasteiger charge is -2.24. The molecular formula is C17H28N2O. The van der Waals surface area contributed by atoms with Crippen LogP contribution in [0.25, 0.3) is 0 Å². The minimum Gasteiger partial charge on any atom is -0.342 e. The molecule has 3 heteroatoms. The van der Waals surface area contributed by atoms with Crippen LogP contribution in [0.5, 0.6) is 0 Å². The summed E-state index contributed by atoms with van der Waals surface area (Å²) in [6.45, 7) is 8.51. The van der Waals surface area contributed by atoms with E-state index in [1.807, 2.05) is 23.1 Å². The number of carbonyl (C=O) groups is 1. The number of nitrogens with zero attached hydrogens (tertiary/aromatic N) is 1. The van der Waals surface area contributed by atoms with Crippen molar-refractivity contribution in [3.05, 3.63) is 35.9 Å². The van der Waals surface area contributed by atoms with Crippen LogP contribution in [-0.2, 0) is 4.79 Å². The van der Waals surface area contributed by atoms with Crippen LogP contribution in [0, 0.1) is 0 Å². The summed E-state index contributed by atoms with van der Waals surface area (Å²) in [5, 5.41) is 3.39. The van der Waals surface area contributed by atoms with Gasteiger partial charge in [0, 0.05) is 19.1 Å². The number of rotatable bonds is 9. The fraction of sp³-hybridized carbons (Fsp3) is 0.588. The predicted molar refractivity (Wildman–Crippen MR) is 84.6 cm³/mol. The van der Waals surface area contributed by atoms with Crippen molar-refractivity contribution in [3.8, 4) is 0 Å². The third-order valence-corrected chi connectivity index (χ3v) is 3.45. The zero-order chi connectivity index (χ0) is 14.8. The summed E-state index contributed by atoms with van der Waals surface area (Å²) in [4.78, 5) is 14.2. The van der Waals surface area contributed by atoms with Gasteiger partial charge in [0.25, 0.3) is 0 Å². The summed E-state index contributed by atoms with van der Waals surface area (Å²) in [6, 6.07) is 10.6. The maximum absolute atomic E-state index is 12.2. The zero-order valence-electron chi connectivity index (χ0n) is 13.1. The van der Waals surface area contributed by atoms with E-state index in [1.165, 1.54) is 5.56 Å². The molecule has 0 spiro atoms. The number of hydrogen-bond acceptors (Lipinski definition) is 2. The van der Waals surface area contributed by atoms with Crippen molar-refractivity contribution in [2.75, 3.05) is 19.6 Å². The average molecular weight is 276 g/mol. The van der Waals surface area contributed by atoms with Crippen molar-refractivity contribution in [1.29, 1.82) is 0 Å². The molecule has 0 saturated carbocycles. The van der Waals surface area contributed by atoms with Crippen LogP contribution in [0.4, 0.5) is 0 Å². The Morgan fingerprint density at radius 2 is 1.70 bits per heavy atom. The highest BCUT2D eigenvalue weighted by Crippen LogP contribution is 2.15. The van der Waals surface area contributed by atoms with E-state index in [2.05, 4.69) is 38.2 Å². The molecule has 0 heterocycles. The highest BCUT2D eigenvalue weighted by Gasteiger charge is 2.14. The Bertz CT molecular complexity index is 372. The standard InChI is InChI=1S/C17H28N2O/c1-4-12-19(13-5-2)17(20)14-18-16(6-3)15-10-8-7-9-11-15/h7-11,16,18H,4-6,12-14H2,1-3H3. The van der Waals surface area contributed by atoms with E-state index in [-0.39, 0.29) is 11.9 Å². The van der Waals surface area contributed by atoms with Crippen LogP contribution < -0.4 is 5.32 Å². The van der Waals surface area contributed by atoms with Gasteiger partial charge in [0.15, 0.2) is 0 Å². The Morgan fingerprint density at radius 3 is 2.20 bits per heavy atom. The molecule has 0 fully saturated rings. The van der Waals surface area contributed by atoms with E-state index >= 15 is 0 Å². The van der Waals surface area contributed by atoms with Gasteiger partial charge >= 0.3 is 0 Å². The first-order chi connectivity index (χ1) is 9.72. The molecule has 1 unspecified atom stereocenters.